The molecule has 3 nitrogen and oxygen atoms in total. The summed E-state index contributed by atoms with van der Waals surface area (Å²) < 4.78 is 18.5. The molecular weight excluding hydrogens is 243 g/mol. The maximum absolute atomic E-state index is 12.9. The number of aromatic nitrogens is 1. The van der Waals surface area contributed by atoms with Gasteiger partial charge in [0.2, 0.25) is 5.90 Å². The second kappa shape index (κ2) is 4.80. The van der Waals surface area contributed by atoms with Crippen LogP contribution in [0, 0.1) is 12.7 Å². The zero-order valence-corrected chi connectivity index (χ0v) is 10.5. The van der Waals surface area contributed by atoms with Crippen LogP contribution in [0.2, 0.25) is 0 Å². The fourth-order valence-electron chi connectivity index (χ4n) is 2.03. The van der Waals surface area contributed by atoms with E-state index in [1.165, 1.54) is 12.1 Å². The number of ether oxygens (including phenoxy) is 1. The van der Waals surface area contributed by atoms with Crippen molar-refractivity contribution in [2.24, 2.45) is 4.99 Å². The maximum Gasteiger partial charge on any atom is 0.236 e. The molecule has 1 aromatic heterocycles. The monoisotopic (exact) mass is 256 g/mol. The molecule has 1 aromatic carbocycles. The molecule has 1 atom stereocenters. The van der Waals surface area contributed by atoms with Crippen molar-refractivity contribution in [3.05, 3.63) is 65.2 Å². The minimum absolute atomic E-state index is 0.0853. The summed E-state index contributed by atoms with van der Waals surface area (Å²) in [6.07, 6.45) is 0. The predicted octanol–water partition coefficient (Wildman–Crippen LogP) is 3.05. The highest BCUT2D eigenvalue weighted by Gasteiger charge is 2.22. The zero-order chi connectivity index (χ0) is 13.2. The van der Waals surface area contributed by atoms with Crippen LogP contribution in [0.3, 0.4) is 0 Å². The van der Waals surface area contributed by atoms with Crippen LogP contribution in [0.5, 0.6) is 0 Å². The molecule has 0 N–H and O–H groups in total. The molecule has 0 radical (unpaired) electrons. The van der Waals surface area contributed by atoms with Crippen molar-refractivity contribution in [3.63, 3.8) is 0 Å². The third-order valence-electron chi connectivity index (χ3n) is 3.01. The van der Waals surface area contributed by atoms with Crippen LogP contribution < -0.4 is 0 Å². The molecule has 0 aliphatic carbocycles. The van der Waals surface area contributed by atoms with E-state index in [9.17, 15) is 4.39 Å². The van der Waals surface area contributed by atoms with Gasteiger partial charge in [-0.1, -0.05) is 18.2 Å². The Morgan fingerprint density at radius 3 is 2.68 bits per heavy atom. The molecule has 0 amide bonds. The molecule has 96 valence electrons. The Kier molecular flexibility index (Phi) is 2.99. The number of hydrogen-bond acceptors (Lipinski definition) is 3. The average molecular weight is 256 g/mol. The molecule has 19 heavy (non-hydrogen) atoms. The van der Waals surface area contributed by atoms with Crippen LogP contribution in [0.1, 0.15) is 23.0 Å². The minimum Gasteiger partial charge on any atom is -0.474 e. The quantitative estimate of drug-likeness (QED) is 0.827. The number of aliphatic imine (C=N–C) groups is 1. The number of nitrogens with zero attached hydrogens (tertiary/aromatic N) is 2. The Labute approximate surface area is 110 Å². The molecule has 0 saturated carbocycles. The summed E-state index contributed by atoms with van der Waals surface area (Å²) in [4.78, 5) is 8.89. The van der Waals surface area contributed by atoms with Gasteiger partial charge in [0.05, 0.1) is 0 Å². The second-order valence-electron chi connectivity index (χ2n) is 4.48. The predicted molar refractivity (Wildman–Crippen MR) is 70.6 cm³/mol. The Bertz CT molecular complexity index is 622. The van der Waals surface area contributed by atoms with Gasteiger partial charge in [-0.15, -0.1) is 0 Å². The van der Waals surface area contributed by atoms with Crippen LogP contribution >= 0.6 is 0 Å². The number of benzene rings is 1. The highest BCUT2D eigenvalue weighted by atomic mass is 19.1. The summed E-state index contributed by atoms with van der Waals surface area (Å²) in [6.45, 7) is 2.40. The van der Waals surface area contributed by atoms with Gasteiger partial charge in [0.15, 0.2) is 0 Å². The average Bonchev–Trinajstić information content (AvgIpc) is 2.89. The molecule has 2 aromatic rings. The van der Waals surface area contributed by atoms with Crippen molar-refractivity contribution in [3.8, 4) is 0 Å². The molecule has 0 bridgehead atoms. The van der Waals surface area contributed by atoms with E-state index >= 15 is 0 Å². The van der Waals surface area contributed by atoms with E-state index in [4.69, 9.17) is 4.74 Å². The first-order chi connectivity index (χ1) is 9.22. The fraction of sp³-hybridized carbons (Fsp3) is 0.200. The Morgan fingerprint density at radius 1 is 1.16 bits per heavy atom. The van der Waals surface area contributed by atoms with Crippen LogP contribution in [0.4, 0.5) is 4.39 Å². The van der Waals surface area contributed by atoms with E-state index in [0.717, 1.165) is 17.0 Å². The number of halogens is 1. The molecule has 0 saturated heterocycles. The van der Waals surface area contributed by atoms with Crippen molar-refractivity contribution in [2.45, 2.75) is 13.0 Å². The van der Waals surface area contributed by atoms with Crippen LogP contribution in [-0.4, -0.2) is 17.5 Å². The topological polar surface area (TPSA) is 34.5 Å². The van der Waals surface area contributed by atoms with Crippen LogP contribution in [0.25, 0.3) is 0 Å². The SMILES string of the molecule is Cc1cccc(C2=N[C@@H](c3ccc(F)cc3)CO2)n1. The van der Waals surface area contributed by atoms with Gasteiger partial charge in [0.1, 0.15) is 24.2 Å². The van der Waals surface area contributed by atoms with Gasteiger partial charge in [0.25, 0.3) is 0 Å². The lowest BCUT2D eigenvalue weighted by Gasteiger charge is -2.04. The van der Waals surface area contributed by atoms with Crippen molar-refractivity contribution < 1.29 is 9.13 Å². The summed E-state index contributed by atoms with van der Waals surface area (Å²) in [5.41, 5.74) is 2.61. The third-order valence-corrected chi connectivity index (χ3v) is 3.01. The largest absolute Gasteiger partial charge is 0.474 e. The van der Waals surface area contributed by atoms with Crippen LogP contribution in [0.15, 0.2) is 47.5 Å². The van der Waals surface area contributed by atoms with Gasteiger partial charge >= 0.3 is 0 Å². The fourth-order valence-corrected chi connectivity index (χ4v) is 2.03. The first-order valence-electron chi connectivity index (χ1n) is 6.12. The van der Waals surface area contributed by atoms with Gasteiger partial charge in [0, 0.05) is 5.69 Å². The van der Waals surface area contributed by atoms with Crippen molar-refractivity contribution >= 4 is 5.90 Å². The van der Waals surface area contributed by atoms with Crippen molar-refractivity contribution in [1.82, 2.24) is 4.98 Å². The summed E-state index contributed by atoms with van der Waals surface area (Å²) in [5.74, 6) is 0.310. The Hall–Kier alpha value is -2.23. The molecule has 1 aliphatic rings. The van der Waals surface area contributed by atoms with Gasteiger partial charge in [-0.25, -0.2) is 14.4 Å². The lowest BCUT2D eigenvalue weighted by Crippen LogP contribution is -2.04. The summed E-state index contributed by atoms with van der Waals surface area (Å²) in [6, 6.07) is 12.0. The zero-order valence-electron chi connectivity index (χ0n) is 10.5. The number of hydrogen-bond donors (Lipinski definition) is 0. The Morgan fingerprint density at radius 2 is 1.95 bits per heavy atom. The number of rotatable bonds is 2. The second-order valence-corrected chi connectivity index (χ2v) is 4.48. The normalized spacial score (nSPS) is 18.0. The van der Waals surface area contributed by atoms with Crippen molar-refractivity contribution in [1.29, 1.82) is 0 Å². The van der Waals surface area contributed by atoms with Gasteiger partial charge in [-0.05, 0) is 36.8 Å². The first-order valence-corrected chi connectivity index (χ1v) is 6.12. The number of pyridine rings is 1. The molecule has 3 rings (SSSR count). The minimum atomic E-state index is -0.243. The molecule has 4 heteroatoms. The lowest BCUT2D eigenvalue weighted by molar-refractivity contribution is 0.319. The molecule has 0 fully saturated rings. The van der Waals surface area contributed by atoms with E-state index in [1.54, 1.807) is 12.1 Å². The molecule has 2 heterocycles. The standard InChI is InChI=1S/C15H13FN2O/c1-10-3-2-4-13(17-10)15-18-14(9-19-15)11-5-7-12(16)8-6-11/h2-8,14H,9H2,1H3/t14-/m1/s1. The highest BCUT2D eigenvalue weighted by molar-refractivity contribution is 5.93. The van der Waals surface area contributed by atoms with Crippen molar-refractivity contribution in [2.75, 3.05) is 6.61 Å². The van der Waals surface area contributed by atoms with Gasteiger partial charge in [-0.3, -0.25) is 0 Å². The number of aryl methyl sites for hydroxylation is 1. The van der Waals surface area contributed by atoms with E-state index < -0.39 is 0 Å². The summed E-state index contributed by atoms with van der Waals surface area (Å²) in [7, 11) is 0. The Balaban J connectivity index is 1.87. The third kappa shape index (κ3) is 2.47. The van der Waals surface area contributed by atoms with E-state index in [0.29, 0.717) is 12.5 Å². The summed E-state index contributed by atoms with van der Waals surface area (Å²) >= 11 is 0. The van der Waals surface area contributed by atoms with Crippen LogP contribution in [-0.2, 0) is 4.74 Å². The van der Waals surface area contributed by atoms with Gasteiger partial charge < -0.3 is 4.74 Å². The van der Waals surface area contributed by atoms with Gasteiger partial charge in [-0.2, -0.15) is 0 Å². The molecular formula is C15H13FN2O. The molecule has 1 aliphatic heterocycles. The molecule has 0 unspecified atom stereocenters. The highest BCUT2D eigenvalue weighted by Crippen LogP contribution is 2.24. The molecule has 0 spiro atoms. The van der Waals surface area contributed by atoms with E-state index in [2.05, 4.69) is 9.98 Å². The maximum atomic E-state index is 12.9. The summed E-state index contributed by atoms with van der Waals surface area (Å²) in [5, 5.41) is 0. The first kappa shape index (κ1) is 11.8. The van der Waals surface area contributed by atoms with E-state index in [1.807, 2.05) is 25.1 Å². The lowest BCUT2D eigenvalue weighted by atomic mass is 10.1. The smallest absolute Gasteiger partial charge is 0.236 e. The van der Waals surface area contributed by atoms with E-state index in [-0.39, 0.29) is 11.9 Å².